The zero-order valence-corrected chi connectivity index (χ0v) is 18.4. The Kier molecular flexibility index (Phi) is 9.28. The van der Waals surface area contributed by atoms with Gasteiger partial charge in [-0.2, -0.15) is 0 Å². The summed E-state index contributed by atoms with van der Waals surface area (Å²) in [7, 11) is 2.08. The van der Waals surface area contributed by atoms with Crippen molar-refractivity contribution < 1.29 is 4.79 Å². The quantitative estimate of drug-likeness (QED) is 0.783. The molecule has 3 rings (SSSR count). The molecule has 0 aromatic heterocycles. The number of benzene rings is 2. The smallest absolute Gasteiger partial charge is 0.253 e. The van der Waals surface area contributed by atoms with E-state index < -0.39 is 0 Å². The Balaban J connectivity index is 0.00000196. The summed E-state index contributed by atoms with van der Waals surface area (Å²) in [6.45, 7) is 6.68. The van der Waals surface area contributed by atoms with Crippen LogP contribution in [0.3, 0.4) is 0 Å². The highest BCUT2D eigenvalue weighted by molar-refractivity contribution is 5.95. The van der Waals surface area contributed by atoms with Gasteiger partial charge in [0.15, 0.2) is 0 Å². The van der Waals surface area contributed by atoms with Gasteiger partial charge in [-0.25, -0.2) is 0 Å². The van der Waals surface area contributed by atoms with E-state index in [2.05, 4.69) is 37.9 Å². The second-order valence-corrected chi connectivity index (χ2v) is 7.71. The van der Waals surface area contributed by atoms with Crippen LogP contribution in [0.2, 0.25) is 0 Å². The zero-order chi connectivity index (χ0) is 18.7. The van der Waals surface area contributed by atoms with Gasteiger partial charge in [0.05, 0.1) is 0 Å². The van der Waals surface area contributed by atoms with Crippen LogP contribution in [0.25, 0.3) is 0 Å². The average molecular weight is 424 g/mol. The van der Waals surface area contributed by atoms with E-state index in [1.54, 1.807) is 0 Å². The van der Waals surface area contributed by atoms with Crippen LogP contribution in [0, 0.1) is 5.92 Å². The molecule has 2 aromatic carbocycles. The van der Waals surface area contributed by atoms with Gasteiger partial charge in [0.25, 0.3) is 5.91 Å². The van der Waals surface area contributed by atoms with Crippen molar-refractivity contribution in [1.29, 1.82) is 0 Å². The first kappa shape index (κ1) is 24.3. The van der Waals surface area contributed by atoms with Crippen LogP contribution in [0.1, 0.15) is 35.7 Å². The number of rotatable bonds is 5. The van der Waals surface area contributed by atoms with Crippen LogP contribution < -0.4 is 10.6 Å². The number of anilines is 1. The SMILES string of the molecule is CC(C)CN(C)c1ccc(C(=O)N2C[C@@H](N)[C@H](c3ccccc3)C2)cc1.Cl.Cl. The van der Waals surface area contributed by atoms with Crippen LogP contribution >= 0.6 is 24.8 Å². The molecule has 154 valence electrons. The lowest BCUT2D eigenvalue weighted by molar-refractivity contribution is 0.0789. The second-order valence-electron chi connectivity index (χ2n) is 7.71. The summed E-state index contributed by atoms with van der Waals surface area (Å²) in [4.78, 5) is 17.0. The molecule has 0 bridgehead atoms. The molecule has 1 aliphatic rings. The van der Waals surface area contributed by atoms with E-state index in [0.717, 1.165) is 17.8 Å². The minimum atomic E-state index is -0.0159. The molecule has 1 amide bonds. The van der Waals surface area contributed by atoms with E-state index in [0.29, 0.717) is 19.0 Å². The number of amides is 1. The zero-order valence-electron chi connectivity index (χ0n) is 16.7. The summed E-state index contributed by atoms with van der Waals surface area (Å²) in [5.41, 5.74) is 9.40. The number of likely N-dealkylation sites (tertiary alicyclic amines) is 1. The fourth-order valence-corrected chi connectivity index (χ4v) is 3.74. The minimum Gasteiger partial charge on any atom is -0.374 e. The summed E-state index contributed by atoms with van der Waals surface area (Å²) in [5.74, 6) is 0.871. The van der Waals surface area contributed by atoms with E-state index in [-0.39, 0.29) is 42.7 Å². The first-order valence-corrected chi connectivity index (χ1v) is 9.36. The van der Waals surface area contributed by atoms with Gasteiger partial charge in [-0.05, 0) is 35.7 Å². The molecule has 1 saturated heterocycles. The molecule has 1 fully saturated rings. The van der Waals surface area contributed by atoms with Gasteiger partial charge in [-0.1, -0.05) is 44.2 Å². The summed E-state index contributed by atoms with van der Waals surface area (Å²) in [6, 6.07) is 18.1. The highest BCUT2D eigenvalue weighted by Gasteiger charge is 2.34. The molecule has 2 aromatic rings. The van der Waals surface area contributed by atoms with Crippen molar-refractivity contribution in [3.05, 3.63) is 65.7 Å². The molecule has 4 nitrogen and oxygen atoms in total. The molecule has 0 aliphatic carbocycles. The van der Waals surface area contributed by atoms with Crippen molar-refractivity contribution in [1.82, 2.24) is 4.90 Å². The number of nitrogens with two attached hydrogens (primary N) is 1. The number of hydrogen-bond donors (Lipinski definition) is 1. The highest BCUT2D eigenvalue weighted by Crippen LogP contribution is 2.27. The number of halogens is 2. The van der Waals surface area contributed by atoms with Gasteiger partial charge in [0.2, 0.25) is 0 Å². The summed E-state index contributed by atoms with van der Waals surface area (Å²) in [6.07, 6.45) is 0. The van der Waals surface area contributed by atoms with Crippen molar-refractivity contribution in [2.24, 2.45) is 11.7 Å². The Morgan fingerprint density at radius 3 is 2.25 bits per heavy atom. The average Bonchev–Trinajstić information content (AvgIpc) is 3.03. The Morgan fingerprint density at radius 1 is 1.07 bits per heavy atom. The maximum absolute atomic E-state index is 12.9. The van der Waals surface area contributed by atoms with Gasteiger partial charge >= 0.3 is 0 Å². The number of nitrogens with zero attached hydrogens (tertiary/aromatic N) is 2. The summed E-state index contributed by atoms with van der Waals surface area (Å²) >= 11 is 0. The summed E-state index contributed by atoms with van der Waals surface area (Å²) in [5, 5.41) is 0. The number of hydrogen-bond acceptors (Lipinski definition) is 3. The monoisotopic (exact) mass is 423 g/mol. The van der Waals surface area contributed by atoms with Crippen molar-refractivity contribution in [2.45, 2.75) is 25.8 Å². The number of carbonyl (C=O) groups excluding carboxylic acids is 1. The lowest BCUT2D eigenvalue weighted by Gasteiger charge is -2.22. The standard InChI is InChI=1S/C22H29N3O.2ClH/c1-16(2)13-24(3)19-11-9-18(10-12-19)22(26)25-14-20(21(23)15-25)17-7-5-4-6-8-17;;/h4-12,16,20-21H,13-15,23H2,1-3H3;2*1H/t20-,21+;;/m0../s1. The topological polar surface area (TPSA) is 49.6 Å². The van der Waals surface area contributed by atoms with Gasteiger partial charge in [-0.15, -0.1) is 24.8 Å². The van der Waals surface area contributed by atoms with Gasteiger partial charge < -0.3 is 15.5 Å². The minimum absolute atomic E-state index is 0. The predicted molar refractivity (Wildman–Crippen MR) is 122 cm³/mol. The fraction of sp³-hybridized carbons (Fsp3) is 0.409. The van der Waals surface area contributed by atoms with Crippen LogP contribution in [0.5, 0.6) is 0 Å². The molecule has 0 saturated carbocycles. The molecular weight excluding hydrogens is 393 g/mol. The van der Waals surface area contributed by atoms with E-state index in [9.17, 15) is 4.79 Å². The molecular formula is C22H31Cl2N3O. The van der Waals surface area contributed by atoms with Crippen molar-refractivity contribution in [3.63, 3.8) is 0 Å². The van der Waals surface area contributed by atoms with Crippen molar-refractivity contribution in [2.75, 3.05) is 31.6 Å². The molecule has 6 heteroatoms. The van der Waals surface area contributed by atoms with Crippen LogP contribution in [0.15, 0.2) is 54.6 Å². The molecule has 1 aliphatic heterocycles. The van der Waals surface area contributed by atoms with E-state index in [1.807, 2.05) is 47.4 Å². The van der Waals surface area contributed by atoms with E-state index in [4.69, 9.17) is 5.73 Å². The Bertz CT molecular complexity index is 737. The van der Waals surface area contributed by atoms with Gasteiger partial charge in [0, 0.05) is 49.9 Å². The molecule has 0 unspecified atom stereocenters. The molecule has 28 heavy (non-hydrogen) atoms. The third kappa shape index (κ3) is 5.63. The lowest BCUT2D eigenvalue weighted by atomic mass is 9.95. The van der Waals surface area contributed by atoms with Crippen molar-refractivity contribution in [3.8, 4) is 0 Å². The Labute approximate surface area is 180 Å². The second kappa shape index (κ2) is 10.7. The highest BCUT2D eigenvalue weighted by atomic mass is 35.5. The van der Waals surface area contributed by atoms with Crippen LogP contribution in [-0.4, -0.2) is 43.5 Å². The maximum atomic E-state index is 12.9. The van der Waals surface area contributed by atoms with Crippen LogP contribution in [-0.2, 0) is 0 Å². The van der Waals surface area contributed by atoms with Gasteiger partial charge in [-0.3, -0.25) is 4.79 Å². The fourth-order valence-electron chi connectivity index (χ4n) is 3.74. The lowest BCUT2D eigenvalue weighted by Crippen LogP contribution is -2.32. The first-order chi connectivity index (χ1) is 12.5. The van der Waals surface area contributed by atoms with E-state index in [1.165, 1.54) is 5.56 Å². The molecule has 0 spiro atoms. The summed E-state index contributed by atoms with van der Waals surface area (Å²) < 4.78 is 0. The molecule has 0 radical (unpaired) electrons. The third-order valence-corrected chi connectivity index (χ3v) is 5.07. The predicted octanol–water partition coefficient (Wildman–Crippen LogP) is 4.19. The maximum Gasteiger partial charge on any atom is 0.253 e. The van der Waals surface area contributed by atoms with Crippen LogP contribution in [0.4, 0.5) is 5.69 Å². The largest absolute Gasteiger partial charge is 0.374 e. The van der Waals surface area contributed by atoms with Crippen molar-refractivity contribution >= 4 is 36.4 Å². The molecule has 2 atom stereocenters. The third-order valence-electron chi connectivity index (χ3n) is 5.07. The normalized spacial score (nSPS) is 18.4. The Morgan fingerprint density at radius 2 is 1.68 bits per heavy atom. The molecule has 2 N–H and O–H groups in total. The molecule has 1 heterocycles. The first-order valence-electron chi connectivity index (χ1n) is 9.36. The Hall–Kier alpha value is -1.75. The number of carbonyl (C=O) groups is 1. The van der Waals surface area contributed by atoms with E-state index >= 15 is 0 Å². The van der Waals surface area contributed by atoms with Gasteiger partial charge in [0.1, 0.15) is 0 Å².